The minimum atomic E-state index is 0.635. The molecule has 0 unspecified atom stereocenters. The van der Waals surface area contributed by atoms with Crippen LogP contribution in [0.1, 0.15) is 36.8 Å². The second-order valence-electron chi connectivity index (χ2n) is 8.43. The summed E-state index contributed by atoms with van der Waals surface area (Å²) in [6, 6.07) is 12.8. The summed E-state index contributed by atoms with van der Waals surface area (Å²) in [7, 11) is 0. The minimum absolute atomic E-state index is 0.635. The monoisotopic (exact) mass is 443 g/mol. The molecule has 5 heteroatoms. The van der Waals surface area contributed by atoms with Crippen LogP contribution in [0.3, 0.4) is 0 Å². The smallest absolute Gasteiger partial charge is 0.0825 e. The molecule has 160 valence electrons. The van der Waals surface area contributed by atoms with E-state index in [1.807, 2.05) is 12.1 Å². The summed E-state index contributed by atoms with van der Waals surface area (Å²) in [4.78, 5) is 4.92. The number of nitrogens with zero attached hydrogens (tertiary/aromatic N) is 2. The van der Waals surface area contributed by atoms with Gasteiger partial charge in [-0.15, -0.1) is 0 Å². The van der Waals surface area contributed by atoms with Crippen molar-refractivity contribution in [3.05, 3.63) is 69.8 Å². The van der Waals surface area contributed by atoms with Gasteiger partial charge in [0.2, 0.25) is 0 Å². The lowest BCUT2D eigenvalue weighted by Crippen LogP contribution is -2.46. The van der Waals surface area contributed by atoms with Crippen LogP contribution in [-0.4, -0.2) is 37.6 Å². The van der Waals surface area contributed by atoms with Crippen LogP contribution < -0.4 is 10.2 Å². The molecular formula is C25H31Cl2N3. The van der Waals surface area contributed by atoms with E-state index in [2.05, 4.69) is 46.0 Å². The summed E-state index contributed by atoms with van der Waals surface area (Å²) in [5, 5.41) is 4.76. The van der Waals surface area contributed by atoms with Crippen molar-refractivity contribution in [1.82, 2.24) is 4.90 Å². The molecule has 0 radical (unpaired) electrons. The van der Waals surface area contributed by atoms with Crippen molar-refractivity contribution >= 4 is 34.6 Å². The highest BCUT2D eigenvalue weighted by molar-refractivity contribution is 6.43. The van der Waals surface area contributed by atoms with Gasteiger partial charge >= 0.3 is 0 Å². The number of aryl methyl sites for hydroxylation is 2. The van der Waals surface area contributed by atoms with Gasteiger partial charge in [-0.25, -0.2) is 0 Å². The standard InChI is InChI=1S/C25H31Cl2N3/c1-19-9-11-21-12-10-20(18-23(21)28-19)6-3-2-4-13-29-14-16-30(17-15-29)24-8-5-7-22(26)25(24)27/h5,7-8,10,12,18,28H,1-4,6,9,11,13-17H2. The van der Waals surface area contributed by atoms with Crippen LogP contribution in [0.4, 0.5) is 11.4 Å². The Morgan fingerprint density at radius 2 is 1.77 bits per heavy atom. The first kappa shape index (κ1) is 21.5. The summed E-state index contributed by atoms with van der Waals surface area (Å²) in [6.45, 7) is 9.44. The highest BCUT2D eigenvalue weighted by atomic mass is 35.5. The number of halogens is 2. The zero-order chi connectivity index (χ0) is 20.9. The molecule has 1 saturated heterocycles. The predicted molar refractivity (Wildman–Crippen MR) is 130 cm³/mol. The molecule has 2 heterocycles. The Hall–Kier alpha value is -1.68. The fraction of sp³-hybridized carbons (Fsp3) is 0.440. The van der Waals surface area contributed by atoms with E-state index in [1.165, 1.54) is 42.6 Å². The lowest BCUT2D eigenvalue weighted by molar-refractivity contribution is 0.252. The summed E-state index contributed by atoms with van der Waals surface area (Å²) >= 11 is 12.6. The van der Waals surface area contributed by atoms with Crippen LogP contribution in [0.25, 0.3) is 0 Å². The maximum absolute atomic E-state index is 6.38. The summed E-state index contributed by atoms with van der Waals surface area (Å²) in [5.41, 5.74) is 6.32. The van der Waals surface area contributed by atoms with Crippen LogP contribution in [-0.2, 0) is 12.8 Å². The molecule has 30 heavy (non-hydrogen) atoms. The number of nitrogens with one attached hydrogen (secondary N) is 1. The van der Waals surface area contributed by atoms with Gasteiger partial charge in [0, 0.05) is 37.6 Å². The molecule has 3 nitrogen and oxygen atoms in total. The quantitative estimate of drug-likeness (QED) is 0.499. The lowest BCUT2D eigenvalue weighted by Gasteiger charge is -2.36. The van der Waals surface area contributed by atoms with Gasteiger partial charge in [0.05, 0.1) is 15.7 Å². The van der Waals surface area contributed by atoms with Crippen molar-refractivity contribution in [2.45, 2.75) is 38.5 Å². The first-order valence-electron chi connectivity index (χ1n) is 11.1. The fourth-order valence-corrected chi connectivity index (χ4v) is 4.86. The second kappa shape index (κ2) is 10.1. The van der Waals surface area contributed by atoms with Gasteiger partial charge in [-0.3, -0.25) is 4.90 Å². The van der Waals surface area contributed by atoms with Crippen molar-refractivity contribution in [2.24, 2.45) is 0 Å². The van der Waals surface area contributed by atoms with E-state index in [4.69, 9.17) is 23.2 Å². The average molecular weight is 444 g/mol. The maximum Gasteiger partial charge on any atom is 0.0825 e. The lowest BCUT2D eigenvalue weighted by atomic mass is 9.98. The highest BCUT2D eigenvalue weighted by Crippen LogP contribution is 2.33. The zero-order valence-electron chi connectivity index (χ0n) is 17.6. The number of hydrogen-bond acceptors (Lipinski definition) is 3. The normalized spacial score (nSPS) is 17.0. The van der Waals surface area contributed by atoms with Crippen LogP contribution in [0.5, 0.6) is 0 Å². The van der Waals surface area contributed by atoms with Gasteiger partial charge in [-0.1, -0.05) is 54.4 Å². The molecule has 2 aromatic rings. The number of allylic oxidation sites excluding steroid dienone is 1. The van der Waals surface area contributed by atoms with Crippen molar-refractivity contribution in [1.29, 1.82) is 0 Å². The van der Waals surface area contributed by atoms with E-state index in [0.29, 0.717) is 10.0 Å². The largest absolute Gasteiger partial charge is 0.368 e. The van der Waals surface area contributed by atoms with Gasteiger partial charge in [0.1, 0.15) is 0 Å². The molecule has 1 N–H and O–H groups in total. The number of anilines is 2. The van der Waals surface area contributed by atoms with Gasteiger partial charge in [0.25, 0.3) is 0 Å². The van der Waals surface area contributed by atoms with Gasteiger partial charge < -0.3 is 10.2 Å². The number of piperazine rings is 1. The van der Waals surface area contributed by atoms with E-state index >= 15 is 0 Å². The van der Waals surface area contributed by atoms with Gasteiger partial charge in [-0.2, -0.15) is 0 Å². The number of fused-ring (bicyclic) bond motifs is 1. The minimum Gasteiger partial charge on any atom is -0.368 e. The van der Waals surface area contributed by atoms with Crippen molar-refractivity contribution in [3.63, 3.8) is 0 Å². The number of hydrogen-bond donors (Lipinski definition) is 1. The van der Waals surface area contributed by atoms with Crippen molar-refractivity contribution in [3.8, 4) is 0 Å². The molecule has 2 aliphatic rings. The Balaban J connectivity index is 1.15. The van der Waals surface area contributed by atoms with E-state index in [1.54, 1.807) is 0 Å². The molecular weight excluding hydrogens is 413 g/mol. The molecule has 0 amide bonds. The number of unbranched alkanes of at least 4 members (excludes halogenated alkanes) is 2. The number of rotatable bonds is 7. The van der Waals surface area contributed by atoms with Crippen molar-refractivity contribution < 1.29 is 0 Å². The van der Waals surface area contributed by atoms with Crippen molar-refractivity contribution in [2.75, 3.05) is 42.9 Å². The van der Waals surface area contributed by atoms with Crippen LogP contribution in [0, 0.1) is 0 Å². The van der Waals surface area contributed by atoms with Crippen LogP contribution >= 0.6 is 23.2 Å². The predicted octanol–water partition coefficient (Wildman–Crippen LogP) is 6.40. The molecule has 2 aromatic carbocycles. The topological polar surface area (TPSA) is 18.5 Å². The maximum atomic E-state index is 6.38. The van der Waals surface area contributed by atoms with E-state index in [-0.39, 0.29) is 0 Å². The molecule has 4 rings (SSSR count). The Morgan fingerprint density at radius 1 is 0.933 bits per heavy atom. The summed E-state index contributed by atoms with van der Waals surface area (Å²) in [6.07, 6.45) is 7.10. The highest BCUT2D eigenvalue weighted by Gasteiger charge is 2.19. The third-order valence-corrected chi connectivity index (χ3v) is 7.07. The SMILES string of the molecule is C=C1CCc2ccc(CCCCCN3CCN(c4cccc(Cl)c4Cl)CC3)cc2N1. The van der Waals surface area contributed by atoms with E-state index in [9.17, 15) is 0 Å². The fourth-order valence-electron chi connectivity index (χ4n) is 4.44. The number of benzene rings is 2. The molecule has 0 aromatic heterocycles. The summed E-state index contributed by atoms with van der Waals surface area (Å²) < 4.78 is 0. The molecule has 0 atom stereocenters. The summed E-state index contributed by atoms with van der Waals surface area (Å²) in [5.74, 6) is 0. The Labute approximate surface area is 190 Å². The average Bonchev–Trinajstić information content (AvgIpc) is 2.76. The van der Waals surface area contributed by atoms with Crippen LogP contribution in [0.15, 0.2) is 48.7 Å². The molecule has 0 bridgehead atoms. The molecule has 0 aliphatic carbocycles. The second-order valence-corrected chi connectivity index (χ2v) is 9.22. The Bertz CT molecular complexity index is 888. The first-order valence-corrected chi connectivity index (χ1v) is 11.8. The Kier molecular flexibility index (Phi) is 7.24. The third-order valence-electron chi connectivity index (χ3n) is 6.27. The zero-order valence-corrected chi connectivity index (χ0v) is 19.1. The molecule has 0 saturated carbocycles. The van der Waals surface area contributed by atoms with E-state index in [0.717, 1.165) is 56.8 Å². The Morgan fingerprint density at radius 3 is 2.60 bits per heavy atom. The first-order chi connectivity index (χ1) is 14.6. The molecule has 2 aliphatic heterocycles. The molecule has 1 fully saturated rings. The third kappa shape index (κ3) is 5.32. The van der Waals surface area contributed by atoms with Gasteiger partial charge in [0.15, 0.2) is 0 Å². The molecule has 0 spiro atoms. The van der Waals surface area contributed by atoms with E-state index < -0.39 is 0 Å². The van der Waals surface area contributed by atoms with Crippen LogP contribution in [0.2, 0.25) is 10.0 Å². The van der Waals surface area contributed by atoms with Gasteiger partial charge in [-0.05, 0) is 68.0 Å².